The summed E-state index contributed by atoms with van der Waals surface area (Å²) in [6.07, 6.45) is 6.42. The zero-order valence-electron chi connectivity index (χ0n) is 13.2. The lowest BCUT2D eigenvalue weighted by Gasteiger charge is -2.32. The van der Waals surface area contributed by atoms with E-state index in [9.17, 15) is 4.79 Å². The summed E-state index contributed by atoms with van der Waals surface area (Å²) >= 11 is 1.50. The van der Waals surface area contributed by atoms with Gasteiger partial charge in [0.05, 0.1) is 6.26 Å². The summed E-state index contributed by atoms with van der Waals surface area (Å²) in [5.74, 6) is 0.672. The molecule has 0 bridgehead atoms. The molecule has 0 spiro atoms. The van der Waals surface area contributed by atoms with Crippen LogP contribution in [0.2, 0.25) is 0 Å². The van der Waals surface area contributed by atoms with Gasteiger partial charge in [-0.05, 0) is 44.9 Å². The summed E-state index contributed by atoms with van der Waals surface area (Å²) in [5, 5.41) is 3.99. The second kappa shape index (κ2) is 6.09. The molecule has 4 rings (SSSR count). The number of hydrogen-bond donors (Lipinski definition) is 1. The second-order valence-electron chi connectivity index (χ2n) is 6.37. The lowest BCUT2D eigenvalue weighted by atomic mass is 9.99. The zero-order chi connectivity index (χ0) is 15.8. The summed E-state index contributed by atoms with van der Waals surface area (Å²) in [4.78, 5) is 20.6. The Morgan fingerprint density at radius 2 is 2.30 bits per heavy atom. The molecule has 122 valence electrons. The largest absolute Gasteiger partial charge is 0.462 e. The third kappa shape index (κ3) is 2.81. The van der Waals surface area contributed by atoms with Crippen LogP contribution in [0.15, 0.2) is 22.8 Å². The predicted molar refractivity (Wildman–Crippen MR) is 89.6 cm³/mol. The number of furan rings is 1. The number of thiazole rings is 1. The SMILES string of the molecule is Cc1sc(-c2ccco2)nc1C(=O)N[C@@H]1CCN2CCCC[C@@H]12. The third-order valence-electron chi connectivity index (χ3n) is 4.92. The highest BCUT2D eigenvalue weighted by atomic mass is 32.1. The number of carbonyl (C=O) groups is 1. The Morgan fingerprint density at radius 3 is 3.13 bits per heavy atom. The average Bonchev–Trinajstić information content (AvgIpc) is 3.27. The fourth-order valence-corrected chi connectivity index (χ4v) is 4.64. The Kier molecular flexibility index (Phi) is 3.95. The van der Waals surface area contributed by atoms with Crippen LogP contribution >= 0.6 is 11.3 Å². The molecule has 5 nitrogen and oxygen atoms in total. The first-order chi connectivity index (χ1) is 11.2. The van der Waals surface area contributed by atoms with Crippen molar-refractivity contribution in [1.29, 1.82) is 0 Å². The molecule has 2 aromatic heterocycles. The molecule has 4 heterocycles. The van der Waals surface area contributed by atoms with Gasteiger partial charge >= 0.3 is 0 Å². The Hall–Kier alpha value is -1.66. The van der Waals surface area contributed by atoms with Gasteiger partial charge in [0, 0.05) is 23.5 Å². The molecule has 2 fully saturated rings. The number of piperidine rings is 1. The first-order valence-corrected chi connectivity index (χ1v) is 9.10. The Bertz CT molecular complexity index is 695. The van der Waals surface area contributed by atoms with Crippen LogP contribution in [-0.2, 0) is 0 Å². The van der Waals surface area contributed by atoms with Crippen molar-refractivity contribution < 1.29 is 9.21 Å². The lowest BCUT2D eigenvalue weighted by molar-refractivity contribution is 0.0910. The Balaban J connectivity index is 1.49. The van der Waals surface area contributed by atoms with Crippen LogP contribution in [0.5, 0.6) is 0 Å². The van der Waals surface area contributed by atoms with Crippen LogP contribution < -0.4 is 5.32 Å². The van der Waals surface area contributed by atoms with Gasteiger partial charge in [0.15, 0.2) is 10.8 Å². The van der Waals surface area contributed by atoms with E-state index < -0.39 is 0 Å². The van der Waals surface area contributed by atoms with Crippen molar-refractivity contribution in [1.82, 2.24) is 15.2 Å². The van der Waals surface area contributed by atoms with E-state index in [0.29, 0.717) is 11.7 Å². The van der Waals surface area contributed by atoms with Crippen molar-refractivity contribution in [2.24, 2.45) is 0 Å². The Morgan fingerprint density at radius 1 is 1.39 bits per heavy atom. The molecule has 2 aliphatic heterocycles. The number of nitrogens with zero attached hydrogens (tertiary/aromatic N) is 2. The molecule has 2 atom stereocenters. The third-order valence-corrected chi connectivity index (χ3v) is 5.90. The number of aromatic nitrogens is 1. The van der Waals surface area contributed by atoms with E-state index in [1.54, 1.807) is 6.26 Å². The highest BCUT2D eigenvalue weighted by Gasteiger charge is 2.36. The number of fused-ring (bicyclic) bond motifs is 1. The molecule has 2 aromatic rings. The van der Waals surface area contributed by atoms with Crippen LogP contribution in [0, 0.1) is 6.92 Å². The van der Waals surface area contributed by atoms with Crippen molar-refractivity contribution in [2.75, 3.05) is 13.1 Å². The molecule has 2 saturated heterocycles. The molecule has 23 heavy (non-hydrogen) atoms. The molecule has 0 aliphatic carbocycles. The second-order valence-corrected chi connectivity index (χ2v) is 7.57. The first-order valence-electron chi connectivity index (χ1n) is 8.28. The quantitative estimate of drug-likeness (QED) is 0.939. The van der Waals surface area contributed by atoms with Crippen molar-refractivity contribution in [3.8, 4) is 10.8 Å². The van der Waals surface area contributed by atoms with Gasteiger partial charge in [-0.25, -0.2) is 4.98 Å². The van der Waals surface area contributed by atoms with E-state index in [4.69, 9.17) is 4.42 Å². The summed E-state index contributed by atoms with van der Waals surface area (Å²) in [7, 11) is 0. The fraction of sp³-hybridized carbons (Fsp3) is 0.529. The maximum absolute atomic E-state index is 12.7. The van der Waals surface area contributed by atoms with Gasteiger partial charge < -0.3 is 9.73 Å². The molecular weight excluding hydrogens is 310 g/mol. The van der Waals surface area contributed by atoms with Gasteiger partial charge in [0.25, 0.3) is 5.91 Å². The zero-order valence-corrected chi connectivity index (χ0v) is 14.1. The maximum Gasteiger partial charge on any atom is 0.271 e. The number of aryl methyl sites for hydroxylation is 1. The monoisotopic (exact) mass is 331 g/mol. The van der Waals surface area contributed by atoms with Crippen molar-refractivity contribution in [3.05, 3.63) is 29.0 Å². The molecule has 1 N–H and O–H groups in total. The van der Waals surface area contributed by atoms with Gasteiger partial charge in [0.1, 0.15) is 5.69 Å². The lowest BCUT2D eigenvalue weighted by Crippen LogP contribution is -2.46. The molecular formula is C17H21N3O2S. The van der Waals surface area contributed by atoms with E-state index in [1.165, 1.54) is 37.1 Å². The highest BCUT2D eigenvalue weighted by Crippen LogP contribution is 2.30. The normalized spacial score (nSPS) is 24.6. The smallest absolute Gasteiger partial charge is 0.271 e. The number of amides is 1. The summed E-state index contributed by atoms with van der Waals surface area (Å²) in [6, 6.07) is 4.48. The average molecular weight is 331 g/mol. The van der Waals surface area contributed by atoms with E-state index in [2.05, 4.69) is 15.2 Å². The summed E-state index contributed by atoms with van der Waals surface area (Å²) in [6.45, 7) is 4.22. The minimum Gasteiger partial charge on any atom is -0.462 e. The Labute approximate surface area is 139 Å². The topological polar surface area (TPSA) is 58.4 Å². The molecule has 0 radical (unpaired) electrons. The number of carbonyl (C=O) groups excluding carboxylic acids is 1. The summed E-state index contributed by atoms with van der Waals surface area (Å²) < 4.78 is 5.38. The van der Waals surface area contributed by atoms with E-state index in [1.807, 2.05) is 19.1 Å². The van der Waals surface area contributed by atoms with Gasteiger partial charge in [-0.3, -0.25) is 9.69 Å². The molecule has 1 amide bonds. The maximum atomic E-state index is 12.7. The first kappa shape index (κ1) is 14.9. The van der Waals surface area contributed by atoms with Crippen LogP contribution in [0.25, 0.3) is 10.8 Å². The minimum atomic E-state index is -0.0472. The van der Waals surface area contributed by atoms with Gasteiger partial charge in [-0.1, -0.05) is 6.42 Å². The standard InChI is InChI=1S/C17H21N3O2S/c1-11-15(19-17(23-11)14-6-4-10-22-14)16(21)18-12-7-9-20-8-3-2-5-13(12)20/h4,6,10,12-13H,2-3,5,7-9H2,1H3,(H,18,21)/t12-,13+/m1/s1. The highest BCUT2D eigenvalue weighted by molar-refractivity contribution is 7.15. The number of nitrogens with one attached hydrogen (secondary N) is 1. The molecule has 6 heteroatoms. The van der Waals surface area contributed by atoms with Crippen molar-refractivity contribution >= 4 is 17.2 Å². The molecule has 0 saturated carbocycles. The summed E-state index contributed by atoms with van der Waals surface area (Å²) in [5.41, 5.74) is 0.538. The fourth-order valence-electron chi connectivity index (χ4n) is 3.77. The van der Waals surface area contributed by atoms with Crippen LogP contribution in [-0.4, -0.2) is 41.0 Å². The number of hydrogen-bond acceptors (Lipinski definition) is 5. The molecule has 0 unspecified atom stereocenters. The predicted octanol–water partition coefficient (Wildman–Crippen LogP) is 3.07. The van der Waals surface area contributed by atoms with E-state index in [0.717, 1.165) is 28.6 Å². The van der Waals surface area contributed by atoms with Gasteiger partial charge in [0.2, 0.25) is 0 Å². The minimum absolute atomic E-state index is 0.0472. The van der Waals surface area contributed by atoms with Gasteiger partial charge in [-0.15, -0.1) is 11.3 Å². The number of rotatable bonds is 3. The van der Waals surface area contributed by atoms with Crippen molar-refractivity contribution in [2.45, 2.75) is 44.7 Å². The molecule has 0 aromatic carbocycles. The van der Waals surface area contributed by atoms with E-state index >= 15 is 0 Å². The van der Waals surface area contributed by atoms with E-state index in [-0.39, 0.29) is 11.9 Å². The van der Waals surface area contributed by atoms with Crippen LogP contribution in [0.1, 0.15) is 41.0 Å². The molecule has 2 aliphatic rings. The van der Waals surface area contributed by atoms with Gasteiger partial charge in [-0.2, -0.15) is 0 Å². The van der Waals surface area contributed by atoms with Crippen LogP contribution in [0.4, 0.5) is 0 Å². The van der Waals surface area contributed by atoms with Crippen molar-refractivity contribution in [3.63, 3.8) is 0 Å². The van der Waals surface area contributed by atoms with Crippen LogP contribution in [0.3, 0.4) is 0 Å².